The van der Waals surface area contributed by atoms with Crippen LogP contribution in [-0.4, -0.2) is 40.9 Å². The summed E-state index contributed by atoms with van der Waals surface area (Å²) in [6.07, 6.45) is 0. The van der Waals surface area contributed by atoms with Gasteiger partial charge in [0.25, 0.3) is 5.56 Å². The summed E-state index contributed by atoms with van der Waals surface area (Å²) >= 11 is 5.93. The summed E-state index contributed by atoms with van der Waals surface area (Å²) in [4.78, 5) is 30.0. The van der Waals surface area contributed by atoms with E-state index in [1.165, 1.54) is 26.2 Å². The lowest BCUT2D eigenvalue weighted by molar-refractivity contribution is 0.361. The van der Waals surface area contributed by atoms with Gasteiger partial charge in [-0.15, -0.1) is 0 Å². The van der Waals surface area contributed by atoms with Crippen molar-refractivity contribution in [3.05, 3.63) is 39.6 Å². The van der Waals surface area contributed by atoms with Crippen LogP contribution in [0.4, 0.5) is 0 Å². The molecule has 0 fully saturated rings. The highest BCUT2D eigenvalue weighted by Gasteiger charge is 2.25. The van der Waals surface area contributed by atoms with Gasteiger partial charge in [-0.3, -0.25) is 4.79 Å². The smallest absolute Gasteiger partial charge is 0.308 e. The van der Waals surface area contributed by atoms with Gasteiger partial charge in [0, 0.05) is 25.5 Å². The maximum Gasteiger partial charge on any atom is 0.437 e. The van der Waals surface area contributed by atoms with Crippen molar-refractivity contribution in [1.29, 1.82) is 0 Å². The Hall–Kier alpha value is -1.22. The van der Waals surface area contributed by atoms with E-state index in [1.54, 1.807) is 0 Å². The molecule has 0 saturated carbocycles. The second kappa shape index (κ2) is 5.45. The molecule has 0 aliphatic rings. The number of nitrogens with zero attached hydrogens (tertiary/aromatic N) is 2. The molecular weight excluding hydrogens is 355 g/mol. The van der Waals surface area contributed by atoms with Gasteiger partial charge in [-0.2, -0.15) is 0 Å². The normalized spacial score (nSPS) is 13.0. The predicted molar refractivity (Wildman–Crippen MR) is 81.5 cm³/mol. The zero-order valence-electron chi connectivity index (χ0n) is 11.5. The number of hydrogen-bond acceptors (Lipinski definition) is 4. The molecule has 0 atom stereocenters. The van der Waals surface area contributed by atoms with Crippen LogP contribution < -0.4 is 5.56 Å². The molecule has 1 aromatic heterocycles. The zero-order chi connectivity index (χ0) is 16.9. The van der Waals surface area contributed by atoms with Crippen molar-refractivity contribution in [2.24, 2.45) is 0 Å². The third-order valence-electron chi connectivity index (χ3n) is 2.94. The molecule has 0 aliphatic heterocycles. The Bertz CT molecular complexity index is 962. The third kappa shape index (κ3) is 2.83. The summed E-state index contributed by atoms with van der Waals surface area (Å²) < 4.78 is 37.0. The topological polar surface area (TPSA) is 117 Å². The molecule has 0 radical (unpaired) electrons. The highest BCUT2D eigenvalue weighted by Crippen LogP contribution is 2.39. The fourth-order valence-electron chi connectivity index (χ4n) is 1.89. The minimum Gasteiger partial charge on any atom is -0.308 e. The lowest BCUT2D eigenvalue weighted by Crippen LogP contribution is -2.23. The Balaban J connectivity index is 2.94. The van der Waals surface area contributed by atoms with Crippen LogP contribution in [0.3, 0.4) is 0 Å². The van der Waals surface area contributed by atoms with E-state index in [0.717, 1.165) is 16.4 Å². The van der Waals surface area contributed by atoms with E-state index in [1.807, 2.05) is 0 Å². The monoisotopic (exact) mass is 366 g/mol. The van der Waals surface area contributed by atoms with Crippen molar-refractivity contribution in [2.45, 2.75) is 4.90 Å². The highest BCUT2D eigenvalue weighted by atomic mass is 35.5. The summed E-state index contributed by atoms with van der Waals surface area (Å²) in [7, 11) is -6.10. The third-order valence-corrected chi connectivity index (χ3v) is 6.16. The molecule has 120 valence electrons. The summed E-state index contributed by atoms with van der Waals surface area (Å²) in [6.45, 7) is 0. The number of benzene rings is 1. The van der Waals surface area contributed by atoms with Crippen molar-refractivity contribution >= 4 is 40.3 Å². The molecule has 2 aromatic rings. The molecule has 1 heterocycles. The zero-order valence-corrected chi connectivity index (χ0v) is 13.9. The average molecular weight is 367 g/mol. The van der Waals surface area contributed by atoms with E-state index in [2.05, 4.69) is 0 Å². The van der Waals surface area contributed by atoms with E-state index in [4.69, 9.17) is 11.6 Å². The number of fused-ring (bicyclic) bond motifs is 1. The second-order valence-corrected chi connectivity index (χ2v) is 8.58. The van der Waals surface area contributed by atoms with Gasteiger partial charge in [0.1, 0.15) is 4.90 Å². The van der Waals surface area contributed by atoms with Gasteiger partial charge in [0.2, 0.25) is 10.0 Å². The van der Waals surface area contributed by atoms with Gasteiger partial charge in [-0.1, -0.05) is 11.6 Å². The van der Waals surface area contributed by atoms with Crippen molar-refractivity contribution < 1.29 is 22.8 Å². The second-order valence-electron chi connectivity index (χ2n) is 4.63. The molecule has 0 unspecified atom stereocenters. The minimum absolute atomic E-state index is 0.150. The van der Waals surface area contributed by atoms with Crippen LogP contribution in [0.1, 0.15) is 0 Å². The Morgan fingerprint density at radius 1 is 1.23 bits per heavy atom. The maximum absolute atomic E-state index is 12.2. The van der Waals surface area contributed by atoms with Crippen LogP contribution in [0.25, 0.3) is 10.9 Å². The van der Waals surface area contributed by atoms with Crippen molar-refractivity contribution in [1.82, 2.24) is 8.64 Å². The Morgan fingerprint density at radius 2 is 1.82 bits per heavy atom. The number of sulfonamides is 1. The SMILES string of the molecule is CN(C)S(=O)(=O)c1cc2ccc(=O)n(P(=O)(O)O)c2cc1Cl. The van der Waals surface area contributed by atoms with E-state index >= 15 is 0 Å². The van der Waals surface area contributed by atoms with Crippen LogP contribution in [0, 0.1) is 0 Å². The van der Waals surface area contributed by atoms with Crippen LogP contribution in [-0.2, 0) is 14.6 Å². The maximum atomic E-state index is 12.2. The molecule has 1 aromatic carbocycles. The molecule has 2 N–H and O–H groups in total. The quantitative estimate of drug-likeness (QED) is 0.778. The van der Waals surface area contributed by atoms with Crippen LogP contribution >= 0.6 is 19.3 Å². The van der Waals surface area contributed by atoms with E-state index < -0.39 is 23.3 Å². The predicted octanol–water partition coefficient (Wildman–Crippen LogP) is 0.846. The van der Waals surface area contributed by atoms with Gasteiger partial charge in [-0.25, -0.2) is 21.6 Å². The summed E-state index contributed by atoms with van der Waals surface area (Å²) in [5.74, 6) is 0. The Morgan fingerprint density at radius 3 is 2.32 bits per heavy atom. The Labute approximate surface area is 130 Å². The van der Waals surface area contributed by atoms with Gasteiger partial charge in [0.15, 0.2) is 0 Å². The highest BCUT2D eigenvalue weighted by molar-refractivity contribution is 7.89. The average Bonchev–Trinajstić information content (AvgIpc) is 2.35. The molecule has 0 bridgehead atoms. The standard InChI is InChI=1S/C11H12ClN2O6PS/c1-13(2)22(19,20)10-5-7-3-4-11(15)14(21(16,17)18)9(7)6-8(10)12/h3-6H,1-2H3,(H2,16,17,18). The Kier molecular flexibility index (Phi) is 4.25. The molecule has 22 heavy (non-hydrogen) atoms. The molecule has 0 amide bonds. The van der Waals surface area contributed by atoms with Crippen molar-refractivity contribution in [2.75, 3.05) is 14.1 Å². The van der Waals surface area contributed by atoms with E-state index in [9.17, 15) is 27.6 Å². The summed E-state index contributed by atoms with van der Waals surface area (Å²) in [5, 5.41) is -0.0817. The molecule has 2 rings (SSSR count). The van der Waals surface area contributed by atoms with Crippen molar-refractivity contribution in [3.8, 4) is 0 Å². The van der Waals surface area contributed by atoms with Crippen LogP contribution in [0.2, 0.25) is 5.02 Å². The first-order valence-corrected chi connectivity index (χ1v) is 9.19. The number of rotatable bonds is 3. The number of pyridine rings is 1. The van der Waals surface area contributed by atoms with Crippen LogP contribution in [0.5, 0.6) is 0 Å². The largest absolute Gasteiger partial charge is 0.437 e. The minimum atomic E-state index is -4.91. The van der Waals surface area contributed by atoms with Gasteiger partial charge < -0.3 is 9.79 Å². The lowest BCUT2D eigenvalue weighted by Gasteiger charge is -2.15. The molecular formula is C11H12ClN2O6PS. The molecule has 0 saturated heterocycles. The summed E-state index contributed by atoms with van der Waals surface area (Å²) in [6, 6.07) is 4.43. The van der Waals surface area contributed by atoms with E-state index in [0.29, 0.717) is 0 Å². The fraction of sp³-hybridized carbons (Fsp3) is 0.182. The van der Waals surface area contributed by atoms with Gasteiger partial charge in [0.05, 0.1) is 10.5 Å². The first-order chi connectivity index (χ1) is 9.96. The number of hydrogen-bond donors (Lipinski definition) is 2. The lowest BCUT2D eigenvalue weighted by atomic mass is 10.2. The van der Waals surface area contributed by atoms with Crippen molar-refractivity contribution in [3.63, 3.8) is 0 Å². The first kappa shape index (κ1) is 17.1. The first-order valence-electron chi connectivity index (χ1n) is 5.80. The van der Waals surface area contributed by atoms with E-state index in [-0.39, 0.29) is 25.2 Å². The van der Waals surface area contributed by atoms with Crippen LogP contribution in [0.15, 0.2) is 34.0 Å². The molecule has 11 heteroatoms. The van der Waals surface area contributed by atoms with Gasteiger partial charge >= 0.3 is 7.75 Å². The number of aromatic nitrogens is 1. The summed E-state index contributed by atoms with van der Waals surface area (Å²) in [5.41, 5.74) is -1.07. The molecule has 0 aliphatic carbocycles. The molecule has 8 nitrogen and oxygen atoms in total. The number of halogens is 1. The fourth-order valence-corrected chi connectivity index (χ4v) is 4.09. The van der Waals surface area contributed by atoms with Gasteiger partial charge in [-0.05, 0) is 18.2 Å². The molecule has 0 spiro atoms.